The van der Waals surface area contributed by atoms with Crippen LogP contribution in [0.2, 0.25) is 5.02 Å². The molecule has 13 heteroatoms. The molecule has 1 N–H and O–H groups in total. The normalized spacial score (nSPS) is 12.5. The maximum Gasteiger partial charge on any atom is 0.418 e. The van der Waals surface area contributed by atoms with Crippen LogP contribution in [0.1, 0.15) is 50.0 Å². The van der Waals surface area contributed by atoms with E-state index in [1.54, 1.807) is 14.0 Å². The van der Waals surface area contributed by atoms with Crippen LogP contribution in [0, 0.1) is 0 Å². The van der Waals surface area contributed by atoms with Gasteiger partial charge in [0.2, 0.25) is 0 Å². The Morgan fingerprint density at radius 2 is 1.97 bits per heavy atom. The van der Waals surface area contributed by atoms with Gasteiger partial charge in [-0.15, -0.1) is 11.3 Å². The molecule has 3 rings (SSSR count). The highest BCUT2D eigenvalue weighted by Gasteiger charge is 2.34. The molecule has 0 bridgehead atoms. The van der Waals surface area contributed by atoms with E-state index in [1.165, 1.54) is 24.1 Å². The average Bonchev–Trinajstić information content (AvgIpc) is 3.35. The third-order valence-corrected chi connectivity index (χ3v) is 6.01. The van der Waals surface area contributed by atoms with Crippen LogP contribution in [0.5, 0.6) is 6.01 Å². The maximum atomic E-state index is 13.0. The lowest BCUT2D eigenvalue weighted by Crippen LogP contribution is -2.13. The Balaban J connectivity index is 1.69. The minimum Gasteiger partial charge on any atom is -0.468 e. The van der Waals surface area contributed by atoms with Crippen molar-refractivity contribution in [3.63, 3.8) is 0 Å². The van der Waals surface area contributed by atoms with Crippen molar-refractivity contribution in [2.24, 2.45) is 7.05 Å². The van der Waals surface area contributed by atoms with Gasteiger partial charge in [0.05, 0.1) is 35.1 Å². The van der Waals surface area contributed by atoms with E-state index in [1.807, 2.05) is 0 Å². The van der Waals surface area contributed by atoms with E-state index in [9.17, 15) is 22.8 Å². The molecule has 0 fully saturated rings. The number of hydrogen-bond acceptors (Lipinski definition) is 7. The molecule has 0 saturated carbocycles. The first-order chi connectivity index (χ1) is 15.0. The molecule has 32 heavy (non-hydrogen) atoms. The van der Waals surface area contributed by atoms with Crippen molar-refractivity contribution in [2.75, 3.05) is 12.4 Å². The average molecular weight is 488 g/mol. The number of ketones is 1. The number of nitrogens with zero attached hydrogens (tertiary/aromatic N) is 4. The second-order valence-electron chi connectivity index (χ2n) is 6.78. The van der Waals surface area contributed by atoms with Gasteiger partial charge in [0.15, 0.2) is 5.78 Å². The smallest absolute Gasteiger partial charge is 0.418 e. The van der Waals surface area contributed by atoms with Gasteiger partial charge in [-0.25, -0.2) is 15.0 Å². The second kappa shape index (κ2) is 9.25. The number of halogens is 4. The number of alkyl halides is 3. The van der Waals surface area contributed by atoms with Crippen LogP contribution in [-0.4, -0.2) is 38.3 Å². The lowest BCUT2D eigenvalue weighted by atomic mass is 10.0. The molecule has 3 heterocycles. The quantitative estimate of drug-likeness (QED) is 0.490. The summed E-state index contributed by atoms with van der Waals surface area (Å²) in [5.74, 6) is -1.45. The Kier molecular flexibility index (Phi) is 6.84. The number of pyridine rings is 1. The van der Waals surface area contributed by atoms with Crippen molar-refractivity contribution in [2.45, 2.75) is 25.4 Å². The van der Waals surface area contributed by atoms with Gasteiger partial charge in [0, 0.05) is 25.6 Å². The molecule has 1 atom stereocenters. The molecule has 8 nitrogen and oxygen atoms in total. The molecule has 0 radical (unpaired) electrons. The van der Waals surface area contributed by atoms with Gasteiger partial charge in [0.1, 0.15) is 16.4 Å². The summed E-state index contributed by atoms with van der Waals surface area (Å²) in [6, 6.07) is 0.963. The van der Waals surface area contributed by atoms with Crippen molar-refractivity contribution < 1.29 is 27.5 Å². The minimum atomic E-state index is -4.68. The molecule has 170 valence electrons. The van der Waals surface area contributed by atoms with Gasteiger partial charge in [-0.05, 0) is 6.07 Å². The number of ether oxygens (including phenoxy) is 1. The number of imidazole rings is 1. The summed E-state index contributed by atoms with van der Waals surface area (Å²) in [6.07, 6.45) is -1.03. The number of methoxy groups -OCH3 is 1. The van der Waals surface area contributed by atoms with Crippen LogP contribution in [0.3, 0.4) is 0 Å². The van der Waals surface area contributed by atoms with Gasteiger partial charge < -0.3 is 10.1 Å². The standard InChI is InChI=1S/C19H17ClF3N5O3S/c1-9(4-13(29)12-7-26-18(31-3)28(12)2)17-25-8-14(32-17)16(30)27-15-5-10(19(21,22)23)11(20)6-24-15/h5-9H,4H2,1-3H3,(H,24,27,30)/t9-/m0/s1. The summed E-state index contributed by atoms with van der Waals surface area (Å²) in [5.41, 5.74) is -0.731. The number of carbonyl (C=O) groups excluding carboxylic acids is 2. The largest absolute Gasteiger partial charge is 0.468 e. The lowest BCUT2D eigenvalue weighted by molar-refractivity contribution is -0.137. The van der Waals surface area contributed by atoms with Crippen LogP contribution in [0.4, 0.5) is 19.0 Å². The summed E-state index contributed by atoms with van der Waals surface area (Å²) >= 11 is 6.57. The summed E-state index contributed by atoms with van der Waals surface area (Å²) in [4.78, 5) is 37.0. The second-order valence-corrected chi connectivity index (χ2v) is 8.25. The minimum absolute atomic E-state index is 0.116. The van der Waals surface area contributed by atoms with E-state index in [0.717, 1.165) is 17.5 Å². The van der Waals surface area contributed by atoms with E-state index < -0.39 is 22.7 Å². The molecule has 1 amide bonds. The number of amides is 1. The molecule has 0 aromatic carbocycles. The van der Waals surface area contributed by atoms with Gasteiger partial charge in [-0.2, -0.15) is 13.2 Å². The fourth-order valence-electron chi connectivity index (χ4n) is 2.83. The van der Waals surface area contributed by atoms with Gasteiger partial charge >= 0.3 is 6.18 Å². The Labute approximate surface area is 189 Å². The molecule has 3 aromatic heterocycles. The van der Waals surface area contributed by atoms with E-state index in [-0.39, 0.29) is 28.8 Å². The van der Waals surface area contributed by atoms with Gasteiger partial charge in [-0.3, -0.25) is 14.2 Å². The van der Waals surface area contributed by atoms with Crippen LogP contribution < -0.4 is 10.1 Å². The predicted molar refractivity (Wildman–Crippen MR) is 111 cm³/mol. The van der Waals surface area contributed by atoms with Crippen molar-refractivity contribution in [1.29, 1.82) is 0 Å². The number of aromatic nitrogens is 4. The number of carbonyl (C=O) groups is 2. The Morgan fingerprint density at radius 1 is 1.25 bits per heavy atom. The SMILES string of the molecule is COc1ncc(C(=O)C[C@H](C)c2ncc(C(=O)Nc3cc(C(F)(F)F)c(Cl)cn3)s2)n1C. The number of hydrogen-bond donors (Lipinski definition) is 1. The Hall–Kier alpha value is -2.99. The zero-order valence-electron chi connectivity index (χ0n) is 17.0. The Bertz CT molecular complexity index is 1160. The zero-order chi connectivity index (χ0) is 23.6. The number of nitrogens with one attached hydrogen (secondary N) is 1. The molecular weight excluding hydrogens is 471 g/mol. The first-order valence-electron chi connectivity index (χ1n) is 9.10. The molecule has 0 aliphatic carbocycles. The van der Waals surface area contributed by atoms with Crippen LogP contribution in [0.15, 0.2) is 24.7 Å². The monoisotopic (exact) mass is 487 g/mol. The molecule has 0 spiro atoms. The van der Waals surface area contributed by atoms with E-state index >= 15 is 0 Å². The predicted octanol–water partition coefficient (Wildman–Crippen LogP) is 4.58. The third kappa shape index (κ3) is 5.07. The van der Waals surface area contributed by atoms with Crippen molar-refractivity contribution in [1.82, 2.24) is 19.5 Å². The van der Waals surface area contributed by atoms with Gasteiger partial charge in [-0.1, -0.05) is 18.5 Å². The number of anilines is 1. The highest BCUT2D eigenvalue weighted by Crippen LogP contribution is 2.35. The molecule has 0 saturated heterocycles. The maximum absolute atomic E-state index is 13.0. The molecule has 3 aromatic rings. The Morgan fingerprint density at radius 3 is 2.59 bits per heavy atom. The lowest BCUT2D eigenvalue weighted by Gasteiger charge is -2.10. The fraction of sp³-hybridized carbons (Fsp3) is 0.316. The summed E-state index contributed by atoms with van der Waals surface area (Å²) in [5, 5.41) is 2.26. The van der Waals surface area contributed by atoms with Gasteiger partial charge in [0.25, 0.3) is 11.9 Å². The molecule has 0 unspecified atom stereocenters. The van der Waals surface area contributed by atoms with Crippen LogP contribution >= 0.6 is 22.9 Å². The van der Waals surface area contributed by atoms with Crippen molar-refractivity contribution in [3.8, 4) is 6.01 Å². The van der Waals surface area contributed by atoms with Crippen molar-refractivity contribution in [3.05, 3.63) is 50.8 Å². The van der Waals surface area contributed by atoms with E-state index in [4.69, 9.17) is 16.3 Å². The first-order valence-corrected chi connectivity index (χ1v) is 10.3. The van der Waals surface area contributed by atoms with E-state index in [2.05, 4.69) is 20.3 Å². The highest BCUT2D eigenvalue weighted by molar-refractivity contribution is 7.13. The molecule has 0 aliphatic rings. The number of Topliss-reactive ketones (excluding diaryl/α,β-unsaturated/α-hetero) is 1. The third-order valence-electron chi connectivity index (χ3n) is 4.48. The van der Waals surface area contributed by atoms with Crippen molar-refractivity contribution >= 4 is 40.4 Å². The molecular formula is C19H17ClF3N5O3S. The van der Waals surface area contributed by atoms with E-state index in [0.29, 0.717) is 22.8 Å². The fourth-order valence-corrected chi connectivity index (χ4v) is 3.91. The van der Waals surface area contributed by atoms with Crippen LogP contribution in [-0.2, 0) is 13.2 Å². The van der Waals surface area contributed by atoms with Crippen LogP contribution in [0.25, 0.3) is 0 Å². The first kappa shape index (κ1) is 23.7. The zero-order valence-corrected chi connectivity index (χ0v) is 18.6. The number of rotatable bonds is 7. The molecule has 0 aliphatic heterocycles. The number of thiazole rings is 1. The summed E-state index contributed by atoms with van der Waals surface area (Å²) < 4.78 is 45.5. The highest BCUT2D eigenvalue weighted by atomic mass is 35.5. The summed E-state index contributed by atoms with van der Waals surface area (Å²) in [7, 11) is 3.11. The topological polar surface area (TPSA) is 99.0 Å². The summed E-state index contributed by atoms with van der Waals surface area (Å²) in [6.45, 7) is 1.78.